The number of carbonyl (C=O) groups excluding carboxylic acids is 2. The lowest BCUT2D eigenvalue weighted by molar-refractivity contribution is -0.146. The van der Waals surface area contributed by atoms with Gasteiger partial charge >= 0.3 is 11.9 Å². The van der Waals surface area contributed by atoms with Gasteiger partial charge in [-0.25, -0.2) is 14.6 Å². The molecule has 0 aromatic carbocycles. The molecule has 0 amide bonds. The molecule has 0 bridgehead atoms. The van der Waals surface area contributed by atoms with E-state index >= 15 is 0 Å². The van der Waals surface area contributed by atoms with Crippen molar-refractivity contribution in [3.8, 4) is 0 Å². The van der Waals surface area contributed by atoms with Crippen LogP contribution in [0.3, 0.4) is 0 Å². The smallest absolute Gasteiger partial charge is 0.345 e. The van der Waals surface area contributed by atoms with E-state index in [4.69, 9.17) is 15.2 Å². The van der Waals surface area contributed by atoms with E-state index in [1.807, 2.05) is 0 Å². The highest BCUT2D eigenvalue weighted by atomic mass is 16.6. The molecule has 7 nitrogen and oxygen atoms in total. The second kappa shape index (κ2) is 6.74. The van der Waals surface area contributed by atoms with Gasteiger partial charge in [0.15, 0.2) is 0 Å². The van der Waals surface area contributed by atoms with E-state index in [-0.39, 0.29) is 18.8 Å². The molecular weight excluding hydrogens is 262 g/mol. The molecule has 110 valence electrons. The molecule has 1 aromatic heterocycles. The first kappa shape index (κ1) is 15.7. The standard InChI is InChI=1S/C13H19N3O4/c1-5-19-12(17)9(13(18)20-6-2)7-10-11(14)16(4)8(3)15-10/h7H,5-6,14H2,1-4H3. The van der Waals surface area contributed by atoms with E-state index in [9.17, 15) is 9.59 Å². The number of aryl methyl sites for hydroxylation is 1. The molecule has 0 spiro atoms. The number of nitrogens with two attached hydrogens (primary N) is 1. The Morgan fingerprint density at radius 3 is 2.10 bits per heavy atom. The summed E-state index contributed by atoms with van der Waals surface area (Å²) >= 11 is 0. The lowest BCUT2D eigenvalue weighted by Gasteiger charge is -2.06. The Hall–Kier alpha value is -2.31. The monoisotopic (exact) mass is 281 g/mol. The van der Waals surface area contributed by atoms with Crippen molar-refractivity contribution in [3.63, 3.8) is 0 Å². The van der Waals surface area contributed by atoms with E-state index < -0.39 is 11.9 Å². The van der Waals surface area contributed by atoms with Gasteiger partial charge in [0, 0.05) is 7.05 Å². The molecule has 1 rings (SSSR count). The third kappa shape index (κ3) is 3.37. The molecule has 1 heterocycles. The van der Waals surface area contributed by atoms with Crippen LogP contribution < -0.4 is 5.73 Å². The molecule has 1 aromatic rings. The Kier molecular flexibility index (Phi) is 5.31. The summed E-state index contributed by atoms with van der Waals surface area (Å²) in [7, 11) is 1.74. The fourth-order valence-electron chi connectivity index (χ4n) is 1.51. The van der Waals surface area contributed by atoms with Crippen molar-refractivity contribution in [3.05, 3.63) is 17.1 Å². The number of carbonyl (C=O) groups is 2. The van der Waals surface area contributed by atoms with E-state index in [0.29, 0.717) is 17.3 Å². The Labute approximate surface area is 117 Å². The van der Waals surface area contributed by atoms with Crippen LogP contribution in [-0.4, -0.2) is 34.7 Å². The zero-order valence-electron chi connectivity index (χ0n) is 12.1. The first-order chi connectivity index (χ1) is 9.42. The van der Waals surface area contributed by atoms with Crippen molar-refractivity contribution in [2.24, 2.45) is 7.05 Å². The second-order valence-electron chi connectivity index (χ2n) is 3.99. The Morgan fingerprint density at radius 1 is 1.25 bits per heavy atom. The second-order valence-corrected chi connectivity index (χ2v) is 3.99. The zero-order chi connectivity index (χ0) is 15.3. The number of rotatable bonds is 5. The Bertz CT molecular complexity index is 526. The summed E-state index contributed by atoms with van der Waals surface area (Å²) in [6.07, 6.45) is 1.29. The average Bonchev–Trinajstić information content (AvgIpc) is 2.64. The number of nitrogens with zero attached hydrogens (tertiary/aromatic N) is 2. The number of anilines is 1. The van der Waals surface area contributed by atoms with Crippen molar-refractivity contribution in [2.45, 2.75) is 20.8 Å². The van der Waals surface area contributed by atoms with Crippen molar-refractivity contribution >= 4 is 23.8 Å². The average molecular weight is 281 g/mol. The molecule has 0 atom stereocenters. The van der Waals surface area contributed by atoms with Crippen molar-refractivity contribution < 1.29 is 19.1 Å². The maximum atomic E-state index is 11.8. The van der Waals surface area contributed by atoms with Gasteiger partial charge in [-0.3, -0.25) is 0 Å². The summed E-state index contributed by atoms with van der Waals surface area (Å²) in [4.78, 5) is 27.8. The van der Waals surface area contributed by atoms with Crippen molar-refractivity contribution in [1.29, 1.82) is 0 Å². The summed E-state index contributed by atoms with van der Waals surface area (Å²) in [6, 6.07) is 0. The van der Waals surface area contributed by atoms with Gasteiger partial charge in [0.1, 0.15) is 22.9 Å². The van der Waals surface area contributed by atoms with Gasteiger partial charge in [0.2, 0.25) is 0 Å². The fourth-order valence-corrected chi connectivity index (χ4v) is 1.51. The summed E-state index contributed by atoms with van der Waals surface area (Å²) in [5.74, 6) is -0.489. The summed E-state index contributed by atoms with van der Waals surface area (Å²) in [5, 5.41) is 0. The molecule has 20 heavy (non-hydrogen) atoms. The van der Waals surface area contributed by atoms with Crippen LogP contribution in [0.15, 0.2) is 5.57 Å². The highest BCUT2D eigenvalue weighted by Gasteiger charge is 2.22. The molecule has 0 saturated heterocycles. The third-order valence-corrected chi connectivity index (χ3v) is 2.66. The number of hydrogen-bond acceptors (Lipinski definition) is 6. The van der Waals surface area contributed by atoms with Crippen LogP contribution in [0.5, 0.6) is 0 Å². The number of nitrogen functional groups attached to an aromatic ring is 1. The predicted molar refractivity (Wildman–Crippen MR) is 73.6 cm³/mol. The number of imidazole rings is 1. The molecule has 0 aliphatic carbocycles. The molecular formula is C13H19N3O4. The summed E-state index contributed by atoms with van der Waals surface area (Å²) < 4.78 is 11.3. The lowest BCUT2D eigenvalue weighted by Crippen LogP contribution is -2.18. The number of ether oxygens (including phenoxy) is 2. The van der Waals surface area contributed by atoms with Crippen LogP contribution in [0.4, 0.5) is 5.82 Å². The quantitative estimate of drug-likeness (QED) is 0.371. The van der Waals surface area contributed by atoms with Crippen LogP contribution in [-0.2, 0) is 26.1 Å². The first-order valence-electron chi connectivity index (χ1n) is 6.27. The SMILES string of the molecule is CCOC(=O)C(=Cc1nc(C)n(C)c1N)C(=O)OCC. The fraction of sp³-hybridized carbons (Fsp3) is 0.462. The molecule has 7 heteroatoms. The van der Waals surface area contributed by atoms with Gasteiger partial charge in [0.05, 0.1) is 13.2 Å². The molecule has 0 aliphatic rings. The van der Waals surface area contributed by atoms with Crippen LogP contribution in [0.2, 0.25) is 0 Å². The molecule has 0 fully saturated rings. The van der Waals surface area contributed by atoms with E-state index in [2.05, 4.69) is 4.98 Å². The first-order valence-corrected chi connectivity index (χ1v) is 6.27. The van der Waals surface area contributed by atoms with Gasteiger partial charge in [-0.15, -0.1) is 0 Å². The molecule has 0 aliphatic heterocycles. The number of hydrogen-bond donors (Lipinski definition) is 1. The molecule has 0 saturated carbocycles. The molecule has 0 radical (unpaired) electrons. The van der Waals surface area contributed by atoms with E-state index in [0.717, 1.165) is 0 Å². The predicted octanol–water partition coefficient (Wildman–Crippen LogP) is 0.820. The minimum Gasteiger partial charge on any atom is -0.462 e. The lowest BCUT2D eigenvalue weighted by atomic mass is 10.2. The Morgan fingerprint density at radius 2 is 1.75 bits per heavy atom. The third-order valence-electron chi connectivity index (χ3n) is 2.66. The van der Waals surface area contributed by atoms with Gasteiger partial charge in [0.25, 0.3) is 0 Å². The van der Waals surface area contributed by atoms with Gasteiger partial charge in [-0.05, 0) is 26.8 Å². The minimum atomic E-state index is -0.756. The maximum Gasteiger partial charge on any atom is 0.345 e. The molecule has 2 N–H and O–H groups in total. The van der Waals surface area contributed by atoms with Crippen molar-refractivity contribution in [2.75, 3.05) is 18.9 Å². The normalized spacial score (nSPS) is 10.0. The van der Waals surface area contributed by atoms with E-state index in [1.54, 1.807) is 32.4 Å². The van der Waals surface area contributed by atoms with Gasteiger partial charge in [-0.2, -0.15) is 0 Å². The van der Waals surface area contributed by atoms with Crippen molar-refractivity contribution in [1.82, 2.24) is 9.55 Å². The highest BCUT2D eigenvalue weighted by Crippen LogP contribution is 2.17. The van der Waals surface area contributed by atoms with E-state index in [1.165, 1.54) is 6.08 Å². The van der Waals surface area contributed by atoms with Gasteiger partial charge in [-0.1, -0.05) is 0 Å². The maximum absolute atomic E-state index is 11.8. The highest BCUT2D eigenvalue weighted by molar-refractivity contribution is 6.17. The van der Waals surface area contributed by atoms with Crippen LogP contribution in [0.25, 0.3) is 6.08 Å². The number of aromatic nitrogens is 2. The zero-order valence-corrected chi connectivity index (χ0v) is 12.1. The Balaban J connectivity index is 3.21. The summed E-state index contributed by atoms with van der Waals surface area (Å²) in [5.41, 5.74) is 5.96. The van der Waals surface area contributed by atoms with Gasteiger partial charge < -0.3 is 19.8 Å². The largest absolute Gasteiger partial charge is 0.462 e. The van der Waals surface area contributed by atoms with Crippen LogP contribution in [0.1, 0.15) is 25.4 Å². The topological polar surface area (TPSA) is 96.4 Å². The minimum absolute atomic E-state index is 0.159. The van der Waals surface area contributed by atoms with Crippen LogP contribution in [0, 0.1) is 6.92 Å². The number of esters is 2. The van der Waals surface area contributed by atoms with Crippen LogP contribution >= 0.6 is 0 Å². The summed E-state index contributed by atoms with van der Waals surface area (Å²) in [6.45, 7) is 5.39. The molecule has 0 unspecified atom stereocenters.